The first-order valence-electron chi connectivity index (χ1n) is 7.84. The molecule has 0 aromatic carbocycles. The van der Waals surface area contributed by atoms with E-state index in [2.05, 4.69) is 40.9 Å². The molecule has 1 aliphatic carbocycles. The molecule has 2 unspecified atom stereocenters. The van der Waals surface area contributed by atoms with Crippen LogP contribution in [0.1, 0.15) is 64.7 Å². The Bertz CT molecular complexity index is 372. The fourth-order valence-corrected chi connectivity index (χ4v) is 3.25. The van der Waals surface area contributed by atoms with Crippen LogP contribution in [0.3, 0.4) is 0 Å². The number of nitrogens with zero attached hydrogens (tertiary/aromatic N) is 3. The van der Waals surface area contributed by atoms with Gasteiger partial charge in [-0.15, -0.1) is 0 Å². The molecule has 1 aliphatic rings. The lowest BCUT2D eigenvalue weighted by molar-refractivity contribution is 0.325. The highest BCUT2D eigenvalue weighted by Gasteiger charge is 2.25. The molecule has 2 atom stereocenters. The van der Waals surface area contributed by atoms with Crippen molar-refractivity contribution in [3.05, 3.63) is 12.2 Å². The van der Waals surface area contributed by atoms with Crippen molar-refractivity contribution < 1.29 is 0 Å². The third-order valence-corrected chi connectivity index (χ3v) is 4.21. The van der Waals surface area contributed by atoms with E-state index in [4.69, 9.17) is 0 Å². The molecule has 1 aromatic heterocycles. The largest absolute Gasteiger partial charge is 0.314 e. The van der Waals surface area contributed by atoms with Crippen molar-refractivity contribution in [2.75, 3.05) is 6.54 Å². The molecule has 0 bridgehead atoms. The fraction of sp³-hybridized carbons (Fsp3) is 0.867. The van der Waals surface area contributed by atoms with Gasteiger partial charge < -0.3 is 5.32 Å². The molecular formula is C15H28N4. The van der Waals surface area contributed by atoms with Gasteiger partial charge in [-0.25, -0.2) is 9.67 Å². The number of hydrogen-bond acceptors (Lipinski definition) is 3. The molecular weight excluding hydrogens is 236 g/mol. The molecule has 1 heterocycles. The number of rotatable bonds is 5. The Morgan fingerprint density at radius 3 is 2.84 bits per heavy atom. The summed E-state index contributed by atoms with van der Waals surface area (Å²) in [7, 11) is 0. The summed E-state index contributed by atoms with van der Waals surface area (Å²) in [5, 5.41) is 8.04. The predicted octanol–water partition coefficient (Wildman–Crippen LogP) is 2.96. The van der Waals surface area contributed by atoms with Gasteiger partial charge in [-0.2, -0.15) is 5.10 Å². The highest BCUT2D eigenvalue weighted by Crippen LogP contribution is 2.26. The summed E-state index contributed by atoms with van der Waals surface area (Å²) in [5.41, 5.74) is 0. The quantitative estimate of drug-likeness (QED) is 0.831. The van der Waals surface area contributed by atoms with Gasteiger partial charge >= 0.3 is 0 Å². The first-order chi connectivity index (χ1) is 9.22. The molecule has 0 saturated heterocycles. The predicted molar refractivity (Wildman–Crippen MR) is 78.2 cm³/mol. The van der Waals surface area contributed by atoms with Crippen LogP contribution >= 0.6 is 0 Å². The first kappa shape index (κ1) is 14.5. The fourth-order valence-electron chi connectivity index (χ4n) is 3.25. The third kappa shape index (κ3) is 3.78. The minimum absolute atomic E-state index is 0.404. The van der Waals surface area contributed by atoms with E-state index in [9.17, 15) is 0 Å². The Morgan fingerprint density at radius 2 is 2.11 bits per heavy atom. The van der Waals surface area contributed by atoms with Crippen molar-refractivity contribution in [1.29, 1.82) is 0 Å². The molecule has 4 nitrogen and oxygen atoms in total. The van der Waals surface area contributed by atoms with Gasteiger partial charge in [-0.05, 0) is 39.2 Å². The van der Waals surface area contributed by atoms with E-state index in [1.807, 2.05) is 0 Å². The molecule has 1 N–H and O–H groups in total. The minimum Gasteiger partial charge on any atom is -0.314 e. The maximum Gasteiger partial charge on any atom is 0.138 e. The van der Waals surface area contributed by atoms with Gasteiger partial charge in [0.15, 0.2) is 0 Å². The molecule has 0 radical (unpaired) electrons. The van der Waals surface area contributed by atoms with E-state index in [1.54, 1.807) is 6.33 Å². The maximum atomic E-state index is 4.48. The summed E-state index contributed by atoms with van der Waals surface area (Å²) in [5.74, 6) is 1.87. The minimum atomic E-state index is 0.404. The Labute approximate surface area is 117 Å². The van der Waals surface area contributed by atoms with Gasteiger partial charge in [-0.3, -0.25) is 0 Å². The van der Waals surface area contributed by atoms with Crippen molar-refractivity contribution in [2.45, 2.75) is 71.4 Å². The van der Waals surface area contributed by atoms with E-state index in [1.165, 1.54) is 32.1 Å². The second-order valence-electron chi connectivity index (χ2n) is 5.98. The number of aromatic nitrogens is 3. The summed E-state index contributed by atoms with van der Waals surface area (Å²) in [6, 6.07) is 1.06. The maximum absolute atomic E-state index is 4.48. The van der Waals surface area contributed by atoms with Gasteiger partial charge in [0.1, 0.15) is 12.2 Å². The Kier molecular flexibility index (Phi) is 5.37. The zero-order valence-electron chi connectivity index (χ0n) is 12.6. The molecule has 0 aliphatic heterocycles. The summed E-state index contributed by atoms with van der Waals surface area (Å²) in [6.45, 7) is 7.62. The molecule has 108 valence electrons. The van der Waals surface area contributed by atoms with Gasteiger partial charge in [0.25, 0.3) is 0 Å². The highest BCUT2D eigenvalue weighted by atomic mass is 15.3. The van der Waals surface area contributed by atoms with E-state index in [0.717, 1.165) is 18.8 Å². The van der Waals surface area contributed by atoms with Crippen LogP contribution in [-0.2, 0) is 6.42 Å². The standard InChI is InChI=1S/C15H28N4/c1-4-16-14-9-7-5-6-8-13(14)10-15-17-11-18-19(15)12(2)3/h11-14,16H,4-10H2,1-3H3. The molecule has 19 heavy (non-hydrogen) atoms. The lowest BCUT2D eigenvalue weighted by atomic mass is 9.91. The number of hydrogen-bond donors (Lipinski definition) is 1. The van der Waals surface area contributed by atoms with E-state index in [-0.39, 0.29) is 0 Å². The monoisotopic (exact) mass is 264 g/mol. The molecule has 0 amide bonds. The van der Waals surface area contributed by atoms with Crippen molar-refractivity contribution >= 4 is 0 Å². The molecule has 1 fully saturated rings. The van der Waals surface area contributed by atoms with Crippen LogP contribution in [0, 0.1) is 5.92 Å². The van der Waals surface area contributed by atoms with E-state index < -0.39 is 0 Å². The van der Waals surface area contributed by atoms with Crippen LogP contribution in [0.5, 0.6) is 0 Å². The van der Waals surface area contributed by atoms with Crippen LogP contribution in [0.2, 0.25) is 0 Å². The molecule has 1 saturated carbocycles. The molecule has 1 aromatic rings. The second-order valence-corrected chi connectivity index (χ2v) is 5.98. The van der Waals surface area contributed by atoms with Crippen molar-refractivity contribution in [2.24, 2.45) is 5.92 Å². The molecule has 4 heteroatoms. The molecule has 2 rings (SSSR count). The van der Waals surface area contributed by atoms with Crippen molar-refractivity contribution in [1.82, 2.24) is 20.1 Å². The zero-order valence-corrected chi connectivity index (χ0v) is 12.6. The topological polar surface area (TPSA) is 42.7 Å². The highest BCUT2D eigenvalue weighted by molar-refractivity contribution is 4.93. The summed E-state index contributed by atoms with van der Waals surface area (Å²) < 4.78 is 2.08. The van der Waals surface area contributed by atoms with Crippen molar-refractivity contribution in [3.8, 4) is 0 Å². The number of nitrogens with one attached hydrogen (secondary N) is 1. The third-order valence-electron chi connectivity index (χ3n) is 4.21. The van der Waals surface area contributed by atoms with E-state index in [0.29, 0.717) is 18.0 Å². The van der Waals surface area contributed by atoms with Crippen LogP contribution < -0.4 is 5.32 Å². The Hall–Kier alpha value is -0.900. The zero-order chi connectivity index (χ0) is 13.7. The van der Waals surface area contributed by atoms with Gasteiger partial charge in [0, 0.05) is 18.5 Å². The van der Waals surface area contributed by atoms with Gasteiger partial charge in [0.05, 0.1) is 0 Å². The average Bonchev–Trinajstić information content (AvgIpc) is 2.73. The lowest BCUT2D eigenvalue weighted by Crippen LogP contribution is -2.37. The summed E-state index contributed by atoms with van der Waals surface area (Å²) >= 11 is 0. The van der Waals surface area contributed by atoms with Crippen LogP contribution in [0.15, 0.2) is 6.33 Å². The van der Waals surface area contributed by atoms with Crippen LogP contribution in [0.25, 0.3) is 0 Å². The second kappa shape index (κ2) is 7.04. The smallest absolute Gasteiger partial charge is 0.138 e. The van der Waals surface area contributed by atoms with Crippen LogP contribution in [0.4, 0.5) is 0 Å². The van der Waals surface area contributed by atoms with Gasteiger partial charge in [-0.1, -0.05) is 26.2 Å². The Morgan fingerprint density at radius 1 is 1.32 bits per heavy atom. The normalized spacial score (nSPS) is 24.6. The average molecular weight is 264 g/mol. The van der Waals surface area contributed by atoms with Crippen molar-refractivity contribution in [3.63, 3.8) is 0 Å². The van der Waals surface area contributed by atoms with Crippen LogP contribution in [-0.4, -0.2) is 27.4 Å². The van der Waals surface area contributed by atoms with Gasteiger partial charge in [0.2, 0.25) is 0 Å². The summed E-state index contributed by atoms with van der Waals surface area (Å²) in [4.78, 5) is 4.48. The lowest BCUT2D eigenvalue weighted by Gasteiger charge is -2.26. The Balaban J connectivity index is 2.07. The summed E-state index contributed by atoms with van der Waals surface area (Å²) in [6.07, 6.45) is 9.52. The SMILES string of the molecule is CCNC1CCCCCC1Cc1ncnn1C(C)C. The van der Waals surface area contributed by atoms with E-state index >= 15 is 0 Å². The first-order valence-corrected chi connectivity index (χ1v) is 7.84. The molecule has 0 spiro atoms.